The molecule has 202 valence electrons. The third-order valence-electron chi connectivity index (χ3n) is 5.92. The predicted molar refractivity (Wildman–Crippen MR) is 101 cm³/mol. The molecule has 0 aromatic carbocycles. The molecule has 2 saturated carbocycles. The highest BCUT2D eigenvalue weighted by Crippen LogP contribution is 2.67. The van der Waals surface area contributed by atoms with Crippen LogP contribution in [0.1, 0.15) is 19.3 Å². The summed E-state index contributed by atoms with van der Waals surface area (Å²) in [5.74, 6) is -19.5. The molecule has 1 heterocycles. The van der Waals surface area contributed by atoms with Crippen LogP contribution in [0.5, 0.6) is 0 Å². The summed E-state index contributed by atoms with van der Waals surface area (Å²) in [6, 6.07) is 0. The lowest BCUT2D eigenvalue weighted by molar-refractivity contribution is -0.348. The van der Waals surface area contributed by atoms with Crippen molar-refractivity contribution in [3.05, 3.63) is 0 Å². The van der Waals surface area contributed by atoms with Gasteiger partial charge in [0.15, 0.2) is 0 Å². The molecule has 3 fully saturated rings. The summed E-state index contributed by atoms with van der Waals surface area (Å²) in [6.07, 6.45) is -6.80. The Bertz CT molecular complexity index is 988. The number of thioether (sulfide) groups is 2. The van der Waals surface area contributed by atoms with Gasteiger partial charge in [0.2, 0.25) is 0 Å². The minimum absolute atomic E-state index is 0.0782. The number of hydrogen-bond acceptors (Lipinski definition) is 8. The molecule has 1 saturated heterocycles. The summed E-state index contributed by atoms with van der Waals surface area (Å²) in [6.45, 7) is -1.04. The van der Waals surface area contributed by atoms with Gasteiger partial charge in [-0.3, -0.25) is 4.55 Å². The van der Waals surface area contributed by atoms with Crippen LogP contribution in [0.15, 0.2) is 0 Å². The van der Waals surface area contributed by atoms with E-state index in [0.29, 0.717) is 19.3 Å². The highest BCUT2D eigenvalue weighted by Gasteiger charge is 2.77. The maximum absolute atomic E-state index is 13.7. The van der Waals surface area contributed by atoms with E-state index >= 15 is 0 Å². The third kappa shape index (κ3) is 4.58. The summed E-state index contributed by atoms with van der Waals surface area (Å²) in [4.78, 5) is 23.2. The number of halogens is 9. The van der Waals surface area contributed by atoms with E-state index in [2.05, 4.69) is 4.74 Å². The molecule has 19 heteroatoms. The first-order valence-electron chi connectivity index (χ1n) is 9.55. The van der Waals surface area contributed by atoms with Gasteiger partial charge in [-0.05, 0) is 31.1 Å². The highest BCUT2D eigenvalue weighted by molar-refractivity contribution is 8.21. The van der Waals surface area contributed by atoms with Gasteiger partial charge in [-0.2, -0.15) is 47.9 Å². The molecule has 1 N–H and O–H groups in total. The number of alkyl halides is 9. The molecular weight excluding hydrogens is 571 g/mol. The fraction of sp³-hybridized carbons (Fsp3) is 0.875. The zero-order chi connectivity index (χ0) is 26.8. The van der Waals surface area contributed by atoms with Crippen LogP contribution < -0.4 is 0 Å². The minimum atomic E-state index is -6.73. The number of esters is 2. The van der Waals surface area contributed by atoms with E-state index in [1.807, 2.05) is 0 Å². The molecule has 3 rings (SSSR count). The Morgan fingerprint density at radius 2 is 1.60 bits per heavy atom. The second-order valence-electron chi connectivity index (χ2n) is 8.11. The fourth-order valence-electron chi connectivity index (χ4n) is 4.25. The summed E-state index contributed by atoms with van der Waals surface area (Å²) in [7, 11) is -6.15. The lowest BCUT2D eigenvalue weighted by Gasteiger charge is -2.39. The first kappa shape index (κ1) is 28.5. The van der Waals surface area contributed by atoms with Gasteiger partial charge in [-0.1, -0.05) is 0 Å². The second-order valence-corrected chi connectivity index (χ2v) is 12.7. The monoisotopic (exact) mass is 586 g/mol. The van der Waals surface area contributed by atoms with E-state index in [1.54, 1.807) is 0 Å². The third-order valence-corrected chi connectivity index (χ3v) is 10.7. The molecule has 5 atom stereocenters. The Morgan fingerprint density at radius 3 is 2.14 bits per heavy atom. The van der Waals surface area contributed by atoms with Gasteiger partial charge in [0.25, 0.3) is 0 Å². The molecule has 0 aromatic rings. The van der Waals surface area contributed by atoms with Crippen molar-refractivity contribution in [2.45, 2.75) is 58.0 Å². The molecule has 7 nitrogen and oxygen atoms in total. The van der Waals surface area contributed by atoms with Gasteiger partial charge in [0, 0.05) is 11.0 Å². The molecule has 1 spiro atoms. The van der Waals surface area contributed by atoms with Crippen molar-refractivity contribution in [2.24, 2.45) is 11.8 Å². The highest BCUT2D eigenvalue weighted by atomic mass is 32.2. The minimum Gasteiger partial charge on any atom is -0.460 e. The zero-order valence-electron chi connectivity index (χ0n) is 16.9. The maximum Gasteiger partial charge on any atom is 0.465 e. The van der Waals surface area contributed by atoms with E-state index in [1.165, 1.54) is 0 Å². The van der Waals surface area contributed by atoms with Crippen LogP contribution in [0, 0.1) is 11.8 Å². The van der Waals surface area contributed by atoms with E-state index in [4.69, 9.17) is 9.29 Å². The van der Waals surface area contributed by atoms with Crippen molar-refractivity contribution in [1.29, 1.82) is 0 Å². The van der Waals surface area contributed by atoms with E-state index < -0.39 is 73.3 Å². The van der Waals surface area contributed by atoms with Crippen LogP contribution >= 0.6 is 23.5 Å². The van der Waals surface area contributed by atoms with Crippen LogP contribution in [-0.2, 0) is 29.2 Å². The van der Waals surface area contributed by atoms with Crippen molar-refractivity contribution >= 4 is 45.6 Å². The lowest BCUT2D eigenvalue weighted by atomic mass is 9.96. The lowest BCUT2D eigenvalue weighted by Crippen LogP contribution is -2.56. The summed E-state index contributed by atoms with van der Waals surface area (Å²) >= 11 is 1.80. The number of fused-ring (bicyclic) bond motifs is 3. The number of rotatable bonds is 7. The molecule has 0 amide bonds. The zero-order valence-corrected chi connectivity index (χ0v) is 19.3. The Kier molecular flexibility index (Phi) is 7.12. The molecule has 1 aliphatic heterocycles. The predicted octanol–water partition coefficient (Wildman–Crippen LogP) is 3.73. The fourth-order valence-corrected chi connectivity index (χ4v) is 8.70. The second kappa shape index (κ2) is 8.75. The van der Waals surface area contributed by atoms with Crippen molar-refractivity contribution in [3.8, 4) is 0 Å². The van der Waals surface area contributed by atoms with Crippen molar-refractivity contribution in [1.82, 2.24) is 0 Å². The molecule has 3 aliphatic rings. The van der Waals surface area contributed by atoms with Crippen LogP contribution in [0.3, 0.4) is 0 Å². The summed E-state index contributed by atoms with van der Waals surface area (Å²) < 4.78 is 155. The molecule has 5 unspecified atom stereocenters. The average Bonchev–Trinajstić information content (AvgIpc) is 3.41. The summed E-state index contributed by atoms with van der Waals surface area (Å²) in [5, 5.41) is -6.25. The number of carbonyl (C=O) groups is 2. The molecule has 2 bridgehead atoms. The first-order valence-corrected chi connectivity index (χ1v) is 12.9. The molecule has 0 aromatic heterocycles. The smallest absolute Gasteiger partial charge is 0.460 e. The standard InChI is InChI=1S/C16H15F9O7S3/c17-13(18,15(21,22)16(23,24)25)10(26)31-4-8-5-33-12(34-8)7-2-1-6(3-7)9(12)32-11(27)14(19,20)35(28,29)30/h6-9H,1-5H2,(H,28,29,30). The Hall–Kier alpha value is -1.08. The van der Waals surface area contributed by atoms with Crippen LogP contribution in [0.4, 0.5) is 39.5 Å². The van der Waals surface area contributed by atoms with Gasteiger partial charge in [0.05, 0.1) is 0 Å². The van der Waals surface area contributed by atoms with Crippen molar-refractivity contribution in [2.75, 3.05) is 12.4 Å². The molecule has 35 heavy (non-hydrogen) atoms. The molecule has 2 aliphatic carbocycles. The van der Waals surface area contributed by atoms with Gasteiger partial charge in [-0.15, -0.1) is 23.5 Å². The van der Waals surface area contributed by atoms with Crippen molar-refractivity contribution < 1.29 is 71.5 Å². The first-order chi connectivity index (χ1) is 15.7. The average molecular weight is 586 g/mol. The van der Waals surface area contributed by atoms with Crippen LogP contribution in [-0.4, -0.2) is 76.0 Å². The van der Waals surface area contributed by atoms with Gasteiger partial charge < -0.3 is 9.47 Å². The molecule has 0 radical (unpaired) electrons. The SMILES string of the molecule is O=C(OCC1CSC2(S1)C1CCC(C1)C2OC(=O)C(F)(F)S(=O)(=O)O)C(F)(F)C(F)(F)C(F)(F)F. The van der Waals surface area contributed by atoms with Crippen LogP contribution in [0.2, 0.25) is 0 Å². The number of ether oxygens (including phenoxy) is 2. The number of hydrogen-bond donors (Lipinski definition) is 1. The largest absolute Gasteiger partial charge is 0.465 e. The van der Waals surface area contributed by atoms with Gasteiger partial charge >= 0.3 is 45.3 Å². The van der Waals surface area contributed by atoms with Gasteiger partial charge in [-0.25, -0.2) is 9.59 Å². The Labute approximate surface area is 199 Å². The quantitative estimate of drug-likeness (QED) is 0.271. The normalized spacial score (nSPS) is 31.7. The Balaban J connectivity index is 1.70. The van der Waals surface area contributed by atoms with Gasteiger partial charge in [0.1, 0.15) is 16.8 Å². The molecular formula is C16H15F9O7S3. The maximum atomic E-state index is 13.7. The van der Waals surface area contributed by atoms with Crippen LogP contribution in [0.25, 0.3) is 0 Å². The van der Waals surface area contributed by atoms with Crippen molar-refractivity contribution in [3.63, 3.8) is 0 Å². The summed E-state index contributed by atoms with van der Waals surface area (Å²) in [5.41, 5.74) is 0. The Morgan fingerprint density at radius 1 is 1.00 bits per heavy atom. The van der Waals surface area contributed by atoms with E-state index in [9.17, 15) is 57.5 Å². The van der Waals surface area contributed by atoms with E-state index in [0.717, 1.165) is 23.5 Å². The van der Waals surface area contributed by atoms with E-state index in [-0.39, 0.29) is 11.7 Å². The topological polar surface area (TPSA) is 107 Å². The number of carbonyl (C=O) groups excluding carboxylic acids is 2.